The number of unbranched alkanes of at least 4 members (excludes halogenated alkanes) is 8. The van der Waals surface area contributed by atoms with Crippen molar-refractivity contribution in [2.75, 3.05) is 40.4 Å². The minimum Gasteiger partial charge on any atom is -0.362 e. The van der Waals surface area contributed by atoms with E-state index in [9.17, 15) is 9.59 Å². The van der Waals surface area contributed by atoms with Crippen LogP contribution in [0.3, 0.4) is 0 Å². The molecule has 0 aliphatic rings. The van der Waals surface area contributed by atoms with Gasteiger partial charge in [-0.05, 0) is 12.8 Å². The van der Waals surface area contributed by atoms with Crippen LogP contribution in [0.4, 0.5) is 0 Å². The molecule has 0 spiro atoms. The van der Waals surface area contributed by atoms with Gasteiger partial charge in [0.1, 0.15) is 13.2 Å². The normalized spacial score (nSPS) is 10.7. The number of amides is 2. The van der Waals surface area contributed by atoms with Crippen molar-refractivity contribution < 1.29 is 14.3 Å². The molecule has 0 unspecified atom stereocenters. The summed E-state index contributed by atoms with van der Waals surface area (Å²) in [7, 11) is 3.60. The highest BCUT2D eigenvalue weighted by atomic mass is 16.5. The van der Waals surface area contributed by atoms with Crippen LogP contribution in [0, 0.1) is 0 Å². The van der Waals surface area contributed by atoms with Crippen LogP contribution >= 0.6 is 0 Å². The van der Waals surface area contributed by atoms with Gasteiger partial charge < -0.3 is 14.5 Å². The van der Waals surface area contributed by atoms with E-state index in [2.05, 4.69) is 13.8 Å². The molecule has 0 heterocycles. The third-order valence-electron chi connectivity index (χ3n) is 4.50. The van der Waals surface area contributed by atoms with E-state index < -0.39 is 0 Å². The van der Waals surface area contributed by atoms with Gasteiger partial charge in [-0.2, -0.15) is 0 Å². The van der Waals surface area contributed by atoms with Gasteiger partial charge in [0.2, 0.25) is 11.8 Å². The number of likely N-dealkylation sites (N-methyl/N-ethyl adjacent to an activating group) is 2. The molecule has 0 aromatic carbocycles. The molecule has 0 N–H and O–H groups in total. The average Bonchev–Trinajstić information content (AvgIpc) is 2.60. The molecule has 0 saturated carbocycles. The molecule has 0 aromatic heterocycles. The van der Waals surface area contributed by atoms with E-state index in [4.69, 9.17) is 4.74 Å². The summed E-state index contributed by atoms with van der Waals surface area (Å²) < 4.78 is 5.31. The standard InChI is InChI=1S/C20H40N2O3/c1-5-7-9-11-13-15-21(3)19(23)17-25-18-20(24)22(4)16-14-12-10-8-6-2/h5-18H2,1-4H3. The Kier molecular flexibility index (Phi) is 15.7. The van der Waals surface area contributed by atoms with E-state index in [0.717, 1.165) is 38.8 Å². The number of carbonyl (C=O) groups excluding carboxylic acids is 2. The SMILES string of the molecule is CCCCCCCN(C)C(=O)COCC(=O)N(C)CCCCCCC. The molecule has 0 aliphatic carbocycles. The number of hydrogen-bond donors (Lipinski definition) is 0. The third kappa shape index (κ3) is 13.8. The van der Waals surface area contributed by atoms with Gasteiger partial charge in [0.05, 0.1) is 0 Å². The molecule has 0 atom stereocenters. The Morgan fingerprint density at radius 2 is 1.00 bits per heavy atom. The van der Waals surface area contributed by atoms with Crippen molar-refractivity contribution in [2.45, 2.75) is 78.1 Å². The first-order valence-corrected chi connectivity index (χ1v) is 10.1. The lowest BCUT2D eigenvalue weighted by atomic mass is 10.1. The smallest absolute Gasteiger partial charge is 0.248 e. The second kappa shape index (κ2) is 16.4. The Balaban J connectivity index is 3.71. The highest BCUT2D eigenvalue weighted by molar-refractivity contribution is 5.79. The molecule has 0 bridgehead atoms. The molecule has 148 valence electrons. The Morgan fingerprint density at radius 1 is 0.640 bits per heavy atom. The van der Waals surface area contributed by atoms with Crippen molar-refractivity contribution in [2.24, 2.45) is 0 Å². The van der Waals surface area contributed by atoms with Crippen molar-refractivity contribution in [3.8, 4) is 0 Å². The zero-order valence-corrected chi connectivity index (χ0v) is 17.0. The Labute approximate surface area is 155 Å². The van der Waals surface area contributed by atoms with E-state index in [-0.39, 0.29) is 25.0 Å². The fourth-order valence-electron chi connectivity index (χ4n) is 2.60. The number of rotatable bonds is 16. The molecule has 5 heteroatoms. The van der Waals surface area contributed by atoms with E-state index in [0.29, 0.717) is 0 Å². The van der Waals surface area contributed by atoms with Gasteiger partial charge in [-0.25, -0.2) is 0 Å². The topological polar surface area (TPSA) is 49.9 Å². The molecule has 2 amide bonds. The van der Waals surface area contributed by atoms with Gasteiger partial charge >= 0.3 is 0 Å². The Bertz CT molecular complexity index is 316. The first-order valence-electron chi connectivity index (χ1n) is 10.1. The van der Waals surface area contributed by atoms with Gasteiger partial charge in [-0.15, -0.1) is 0 Å². The van der Waals surface area contributed by atoms with Crippen LogP contribution in [0.25, 0.3) is 0 Å². The molecular formula is C20H40N2O3. The van der Waals surface area contributed by atoms with Crippen LogP contribution in [-0.2, 0) is 14.3 Å². The Hall–Kier alpha value is -1.10. The van der Waals surface area contributed by atoms with Crippen molar-refractivity contribution in [3.63, 3.8) is 0 Å². The molecule has 0 aliphatic heterocycles. The number of carbonyl (C=O) groups is 2. The Morgan fingerprint density at radius 3 is 1.36 bits per heavy atom. The summed E-state index contributed by atoms with van der Waals surface area (Å²) in [5.41, 5.74) is 0. The molecular weight excluding hydrogens is 316 g/mol. The molecule has 5 nitrogen and oxygen atoms in total. The number of hydrogen-bond acceptors (Lipinski definition) is 3. The molecule has 25 heavy (non-hydrogen) atoms. The summed E-state index contributed by atoms with van der Waals surface area (Å²) in [6.07, 6.45) is 11.8. The van der Waals surface area contributed by atoms with Gasteiger partial charge in [0.15, 0.2) is 0 Å². The van der Waals surface area contributed by atoms with Crippen LogP contribution in [0.1, 0.15) is 78.1 Å². The number of nitrogens with zero attached hydrogens (tertiary/aromatic N) is 2. The van der Waals surface area contributed by atoms with Crippen molar-refractivity contribution in [1.29, 1.82) is 0 Å². The highest BCUT2D eigenvalue weighted by Gasteiger charge is 2.12. The fourth-order valence-corrected chi connectivity index (χ4v) is 2.60. The van der Waals surface area contributed by atoms with Gasteiger partial charge in [0.25, 0.3) is 0 Å². The van der Waals surface area contributed by atoms with Crippen molar-refractivity contribution >= 4 is 11.8 Å². The molecule has 0 radical (unpaired) electrons. The molecule has 0 saturated heterocycles. The van der Waals surface area contributed by atoms with E-state index in [1.54, 1.807) is 23.9 Å². The van der Waals surface area contributed by atoms with Crippen molar-refractivity contribution in [3.05, 3.63) is 0 Å². The molecule has 0 fully saturated rings. The zero-order valence-electron chi connectivity index (χ0n) is 17.0. The minimum atomic E-state index is -0.0505. The zero-order chi connectivity index (χ0) is 18.9. The minimum absolute atomic E-state index is 0.0124. The van der Waals surface area contributed by atoms with Crippen LogP contribution in [-0.4, -0.2) is 62.0 Å². The highest BCUT2D eigenvalue weighted by Crippen LogP contribution is 2.04. The van der Waals surface area contributed by atoms with Gasteiger partial charge in [-0.1, -0.05) is 65.2 Å². The van der Waals surface area contributed by atoms with Crippen LogP contribution in [0.2, 0.25) is 0 Å². The lowest BCUT2D eigenvalue weighted by molar-refractivity contribution is -0.140. The molecule has 0 aromatic rings. The van der Waals surface area contributed by atoms with Crippen LogP contribution in [0.5, 0.6) is 0 Å². The summed E-state index contributed by atoms with van der Waals surface area (Å²) >= 11 is 0. The second-order valence-electron chi connectivity index (χ2n) is 6.95. The van der Waals surface area contributed by atoms with Gasteiger partial charge in [-0.3, -0.25) is 9.59 Å². The maximum absolute atomic E-state index is 12.0. The van der Waals surface area contributed by atoms with Crippen LogP contribution in [0.15, 0.2) is 0 Å². The van der Waals surface area contributed by atoms with E-state index >= 15 is 0 Å². The van der Waals surface area contributed by atoms with E-state index in [1.807, 2.05) is 0 Å². The second-order valence-corrected chi connectivity index (χ2v) is 6.95. The summed E-state index contributed by atoms with van der Waals surface area (Å²) in [5, 5.41) is 0. The first-order chi connectivity index (χ1) is 12.0. The first kappa shape index (κ1) is 23.9. The lowest BCUT2D eigenvalue weighted by Gasteiger charge is -2.19. The monoisotopic (exact) mass is 356 g/mol. The quantitative estimate of drug-likeness (QED) is 0.395. The van der Waals surface area contributed by atoms with Crippen LogP contribution < -0.4 is 0 Å². The summed E-state index contributed by atoms with van der Waals surface area (Å²) in [6.45, 7) is 5.88. The number of ether oxygens (including phenoxy) is 1. The maximum atomic E-state index is 12.0. The van der Waals surface area contributed by atoms with Crippen molar-refractivity contribution in [1.82, 2.24) is 9.80 Å². The summed E-state index contributed by atoms with van der Waals surface area (Å²) in [6, 6.07) is 0. The lowest BCUT2D eigenvalue weighted by Crippen LogP contribution is -2.35. The largest absolute Gasteiger partial charge is 0.362 e. The summed E-state index contributed by atoms with van der Waals surface area (Å²) in [5.74, 6) is -0.101. The van der Waals surface area contributed by atoms with E-state index in [1.165, 1.54) is 38.5 Å². The fraction of sp³-hybridized carbons (Fsp3) is 0.900. The predicted molar refractivity (Wildman–Crippen MR) is 104 cm³/mol. The molecule has 0 rings (SSSR count). The van der Waals surface area contributed by atoms with Gasteiger partial charge in [0, 0.05) is 27.2 Å². The third-order valence-corrected chi connectivity index (χ3v) is 4.50. The summed E-state index contributed by atoms with van der Waals surface area (Å²) in [4.78, 5) is 27.3. The predicted octanol–water partition coefficient (Wildman–Crippen LogP) is 3.86. The average molecular weight is 357 g/mol. The maximum Gasteiger partial charge on any atom is 0.248 e.